The first-order valence-electron chi connectivity index (χ1n) is 9.07. The lowest BCUT2D eigenvalue weighted by atomic mass is 9.84. The number of amides is 1. The molecule has 3 N–H and O–H groups in total. The molecular weight excluding hydrogens is 304 g/mol. The summed E-state index contributed by atoms with van der Waals surface area (Å²) < 4.78 is 5.24. The quantitative estimate of drug-likeness (QED) is 0.749. The van der Waals surface area contributed by atoms with Crippen LogP contribution in [0.15, 0.2) is 30.3 Å². The van der Waals surface area contributed by atoms with Crippen molar-refractivity contribution >= 4 is 6.09 Å². The van der Waals surface area contributed by atoms with E-state index in [2.05, 4.69) is 10.6 Å². The lowest BCUT2D eigenvalue weighted by Crippen LogP contribution is -2.53. The first kappa shape index (κ1) is 17.2. The van der Waals surface area contributed by atoms with Gasteiger partial charge in [0.15, 0.2) is 0 Å². The minimum absolute atomic E-state index is 0.0829. The highest BCUT2D eigenvalue weighted by molar-refractivity contribution is 5.67. The molecule has 1 aromatic carbocycles. The molecule has 0 heterocycles. The summed E-state index contributed by atoms with van der Waals surface area (Å²) in [6.45, 7) is 1.34. The van der Waals surface area contributed by atoms with Crippen LogP contribution < -0.4 is 10.6 Å². The molecule has 0 bridgehead atoms. The molecule has 0 radical (unpaired) electrons. The molecule has 2 aliphatic carbocycles. The molecule has 0 spiro atoms. The number of rotatable bonds is 6. The number of hydrogen-bond donors (Lipinski definition) is 3. The monoisotopic (exact) mass is 332 g/mol. The fraction of sp³-hybridized carbons (Fsp3) is 0.632. The predicted molar refractivity (Wildman–Crippen MR) is 92.5 cm³/mol. The number of aliphatic hydroxyl groups excluding tert-OH is 1. The Bertz CT molecular complexity index is 509. The second-order valence-corrected chi connectivity index (χ2v) is 7.15. The normalized spacial score (nSPS) is 29.5. The number of aliphatic hydroxyl groups is 1. The minimum Gasteiger partial charge on any atom is -0.445 e. The van der Waals surface area contributed by atoms with Crippen LogP contribution in [0, 0.1) is 5.92 Å². The van der Waals surface area contributed by atoms with E-state index in [0.717, 1.165) is 50.6 Å². The number of hydrogen-bond acceptors (Lipinski definition) is 4. The van der Waals surface area contributed by atoms with E-state index in [1.807, 2.05) is 30.3 Å². The van der Waals surface area contributed by atoms with E-state index in [0.29, 0.717) is 18.6 Å². The predicted octanol–water partition coefficient (Wildman–Crippen LogP) is 2.58. The second-order valence-electron chi connectivity index (χ2n) is 7.15. The third kappa shape index (κ3) is 5.21. The molecule has 1 aromatic rings. The number of nitrogens with one attached hydrogen (secondary N) is 2. The van der Waals surface area contributed by atoms with Gasteiger partial charge in [0.05, 0.1) is 6.10 Å². The van der Waals surface area contributed by atoms with Crippen LogP contribution in [0.2, 0.25) is 0 Å². The van der Waals surface area contributed by atoms with Crippen molar-refractivity contribution in [3.8, 4) is 0 Å². The molecule has 24 heavy (non-hydrogen) atoms. The summed E-state index contributed by atoms with van der Waals surface area (Å²) in [5.74, 6) is 0.691. The average molecular weight is 332 g/mol. The number of carbonyl (C=O) groups excluding carboxylic acids is 1. The van der Waals surface area contributed by atoms with Gasteiger partial charge in [0.25, 0.3) is 0 Å². The van der Waals surface area contributed by atoms with Crippen molar-refractivity contribution in [1.82, 2.24) is 10.6 Å². The molecular formula is C19H28N2O3. The van der Waals surface area contributed by atoms with Crippen LogP contribution in [0.1, 0.15) is 44.1 Å². The number of alkyl carbamates (subject to hydrolysis) is 1. The van der Waals surface area contributed by atoms with Crippen molar-refractivity contribution in [2.24, 2.45) is 5.92 Å². The van der Waals surface area contributed by atoms with Crippen LogP contribution >= 0.6 is 0 Å². The maximum Gasteiger partial charge on any atom is 0.407 e. The van der Waals surface area contributed by atoms with E-state index in [-0.39, 0.29) is 18.2 Å². The smallest absolute Gasteiger partial charge is 0.407 e. The van der Waals surface area contributed by atoms with Crippen LogP contribution in [0.4, 0.5) is 4.79 Å². The van der Waals surface area contributed by atoms with Crippen molar-refractivity contribution in [3.63, 3.8) is 0 Å². The fourth-order valence-electron chi connectivity index (χ4n) is 3.52. The molecule has 132 valence electrons. The van der Waals surface area contributed by atoms with Crippen LogP contribution in [0.5, 0.6) is 0 Å². The van der Waals surface area contributed by atoms with Crippen molar-refractivity contribution in [2.45, 2.75) is 63.3 Å². The van der Waals surface area contributed by atoms with Crippen molar-refractivity contribution in [3.05, 3.63) is 35.9 Å². The third-order valence-corrected chi connectivity index (χ3v) is 5.18. The zero-order chi connectivity index (χ0) is 16.8. The molecule has 2 fully saturated rings. The van der Waals surface area contributed by atoms with E-state index >= 15 is 0 Å². The molecule has 0 saturated heterocycles. The maximum absolute atomic E-state index is 11.8. The average Bonchev–Trinajstić information content (AvgIpc) is 2.57. The highest BCUT2D eigenvalue weighted by Crippen LogP contribution is 2.25. The lowest BCUT2D eigenvalue weighted by Gasteiger charge is -2.37. The summed E-state index contributed by atoms with van der Waals surface area (Å²) in [7, 11) is 0. The first-order valence-corrected chi connectivity index (χ1v) is 9.07. The Labute approximate surface area is 143 Å². The SMILES string of the molecule is O=C(NC1CC(NCC2CCC(O)CC2)C1)OCc1ccccc1. The first-order chi connectivity index (χ1) is 11.7. The second kappa shape index (κ2) is 8.49. The van der Waals surface area contributed by atoms with Gasteiger partial charge in [0.1, 0.15) is 6.61 Å². The van der Waals surface area contributed by atoms with E-state index in [4.69, 9.17) is 4.74 Å². The molecule has 2 saturated carbocycles. The zero-order valence-corrected chi connectivity index (χ0v) is 14.1. The van der Waals surface area contributed by atoms with Crippen LogP contribution in [-0.4, -0.2) is 35.9 Å². The Morgan fingerprint density at radius 2 is 1.79 bits per heavy atom. The van der Waals surface area contributed by atoms with Crippen LogP contribution in [0.25, 0.3) is 0 Å². The summed E-state index contributed by atoms with van der Waals surface area (Å²) in [5.41, 5.74) is 0.999. The highest BCUT2D eigenvalue weighted by Gasteiger charge is 2.31. The Hall–Kier alpha value is -1.59. The van der Waals surface area contributed by atoms with Gasteiger partial charge in [-0.05, 0) is 56.6 Å². The molecule has 0 aliphatic heterocycles. The van der Waals surface area contributed by atoms with Gasteiger partial charge in [-0.3, -0.25) is 0 Å². The number of carbonyl (C=O) groups is 1. The van der Waals surface area contributed by atoms with Gasteiger partial charge < -0.3 is 20.5 Å². The van der Waals surface area contributed by atoms with Gasteiger partial charge in [-0.1, -0.05) is 30.3 Å². The van der Waals surface area contributed by atoms with Gasteiger partial charge >= 0.3 is 6.09 Å². The van der Waals surface area contributed by atoms with E-state index in [1.165, 1.54) is 0 Å². The number of ether oxygens (including phenoxy) is 1. The molecule has 5 nitrogen and oxygen atoms in total. The van der Waals surface area contributed by atoms with Gasteiger partial charge in [0, 0.05) is 12.1 Å². The summed E-state index contributed by atoms with van der Waals surface area (Å²) in [6.07, 6.45) is 5.64. The summed E-state index contributed by atoms with van der Waals surface area (Å²) >= 11 is 0. The van der Waals surface area contributed by atoms with Gasteiger partial charge in [-0.25, -0.2) is 4.79 Å². The number of benzene rings is 1. The Balaban J connectivity index is 1.25. The topological polar surface area (TPSA) is 70.6 Å². The molecule has 0 unspecified atom stereocenters. The molecule has 0 atom stereocenters. The molecule has 2 aliphatic rings. The Morgan fingerprint density at radius 3 is 2.50 bits per heavy atom. The highest BCUT2D eigenvalue weighted by atomic mass is 16.5. The zero-order valence-electron chi connectivity index (χ0n) is 14.1. The van der Waals surface area contributed by atoms with E-state index in [9.17, 15) is 9.90 Å². The minimum atomic E-state index is -0.330. The Kier molecular flexibility index (Phi) is 6.10. The largest absolute Gasteiger partial charge is 0.445 e. The summed E-state index contributed by atoms with van der Waals surface area (Å²) in [5, 5.41) is 16.0. The molecule has 1 amide bonds. The van der Waals surface area contributed by atoms with Crippen molar-refractivity contribution < 1.29 is 14.6 Å². The van der Waals surface area contributed by atoms with E-state index < -0.39 is 0 Å². The summed E-state index contributed by atoms with van der Waals surface area (Å²) in [6, 6.07) is 10.4. The van der Waals surface area contributed by atoms with Gasteiger partial charge in [0.2, 0.25) is 0 Å². The fourth-order valence-corrected chi connectivity index (χ4v) is 3.52. The third-order valence-electron chi connectivity index (χ3n) is 5.18. The molecule has 0 aromatic heterocycles. The van der Waals surface area contributed by atoms with Crippen molar-refractivity contribution in [1.29, 1.82) is 0 Å². The van der Waals surface area contributed by atoms with Gasteiger partial charge in [-0.15, -0.1) is 0 Å². The van der Waals surface area contributed by atoms with Crippen molar-refractivity contribution in [2.75, 3.05) is 6.54 Å². The summed E-state index contributed by atoms with van der Waals surface area (Å²) in [4.78, 5) is 11.8. The Morgan fingerprint density at radius 1 is 1.08 bits per heavy atom. The maximum atomic E-state index is 11.8. The van der Waals surface area contributed by atoms with Gasteiger partial charge in [-0.2, -0.15) is 0 Å². The van der Waals surface area contributed by atoms with Crippen LogP contribution in [-0.2, 0) is 11.3 Å². The molecule has 3 rings (SSSR count). The lowest BCUT2D eigenvalue weighted by molar-refractivity contribution is 0.104. The standard InChI is InChI=1S/C19H28N2O3/c22-18-8-6-14(7-9-18)12-20-16-10-17(11-16)21-19(23)24-13-15-4-2-1-3-5-15/h1-5,14,16-18,20,22H,6-13H2,(H,21,23). The van der Waals surface area contributed by atoms with Crippen LogP contribution in [0.3, 0.4) is 0 Å². The van der Waals surface area contributed by atoms with E-state index in [1.54, 1.807) is 0 Å². The molecule has 5 heteroatoms.